The van der Waals surface area contributed by atoms with E-state index in [1.54, 1.807) is 18.2 Å². The quantitative estimate of drug-likeness (QED) is 0.470. The zero-order valence-corrected chi connectivity index (χ0v) is 17.9. The molecule has 10 heteroatoms. The summed E-state index contributed by atoms with van der Waals surface area (Å²) in [5.74, 6) is 0.399. The fourth-order valence-corrected chi connectivity index (χ4v) is 2.80. The number of nitrogens with zero attached hydrogens (tertiary/aromatic N) is 2. The number of methoxy groups -OCH3 is 4. The van der Waals surface area contributed by atoms with Crippen molar-refractivity contribution < 1.29 is 28.5 Å². The average Bonchev–Trinajstić information content (AvgIpc) is 2.72. The number of benzene rings is 2. The summed E-state index contributed by atoms with van der Waals surface area (Å²) in [6.45, 7) is 1.24. The van der Waals surface area contributed by atoms with E-state index in [-0.39, 0.29) is 5.02 Å². The number of hydrogen-bond acceptors (Lipinski definition) is 8. The molecule has 0 aromatic heterocycles. The molecule has 0 aliphatic heterocycles. The van der Waals surface area contributed by atoms with Gasteiger partial charge in [-0.1, -0.05) is 11.6 Å². The van der Waals surface area contributed by atoms with Crippen molar-refractivity contribution in [2.24, 2.45) is 10.2 Å². The van der Waals surface area contributed by atoms with E-state index in [1.807, 2.05) is 0 Å². The molecule has 2 rings (SSSR count). The molecule has 0 heterocycles. The van der Waals surface area contributed by atoms with Crippen LogP contribution in [0.25, 0.3) is 0 Å². The van der Waals surface area contributed by atoms with E-state index in [1.165, 1.54) is 47.5 Å². The van der Waals surface area contributed by atoms with E-state index in [0.717, 1.165) is 0 Å². The lowest BCUT2D eigenvalue weighted by atomic mass is 10.2. The zero-order valence-electron chi connectivity index (χ0n) is 17.2. The summed E-state index contributed by atoms with van der Waals surface area (Å²) in [6.07, 6.45) is 0. The first-order chi connectivity index (χ1) is 14.3. The van der Waals surface area contributed by atoms with Gasteiger partial charge in [-0.05, 0) is 25.1 Å². The third kappa shape index (κ3) is 5.38. The predicted octanol–water partition coefficient (Wildman–Crippen LogP) is 4.05. The first-order valence-electron chi connectivity index (χ1n) is 8.70. The highest BCUT2D eigenvalue weighted by Gasteiger charge is 2.24. The number of amides is 1. The molecule has 0 saturated carbocycles. The molecule has 1 unspecified atom stereocenters. The highest BCUT2D eigenvalue weighted by molar-refractivity contribution is 6.32. The number of Topliss-reactive ketones (excluding diaryl/α,β-unsaturated/α-hetero) is 1. The molecule has 0 saturated heterocycles. The van der Waals surface area contributed by atoms with Crippen molar-refractivity contribution in [1.29, 1.82) is 0 Å². The fraction of sp³-hybridized carbons (Fsp3) is 0.300. The number of hydrogen-bond donors (Lipinski definition) is 1. The molecule has 0 radical (unpaired) electrons. The number of anilines is 1. The maximum atomic E-state index is 12.7. The number of ether oxygens (including phenoxy) is 4. The number of nitrogens with one attached hydrogen (secondary N) is 1. The van der Waals surface area contributed by atoms with Gasteiger partial charge in [0.25, 0.3) is 5.91 Å². The van der Waals surface area contributed by atoms with Gasteiger partial charge in [-0.25, -0.2) is 0 Å². The molecule has 1 amide bonds. The van der Waals surface area contributed by atoms with Gasteiger partial charge in [0.15, 0.2) is 17.3 Å². The summed E-state index contributed by atoms with van der Waals surface area (Å²) >= 11 is 6.15. The Morgan fingerprint density at radius 3 is 2.23 bits per heavy atom. The highest BCUT2D eigenvalue weighted by Crippen LogP contribution is 2.38. The van der Waals surface area contributed by atoms with E-state index in [4.69, 9.17) is 30.5 Å². The number of carbonyl (C=O) groups excluding carboxylic acids is 2. The Kier molecular flexibility index (Phi) is 7.99. The topological polar surface area (TPSA) is 108 Å². The Labute approximate surface area is 178 Å². The molecule has 30 heavy (non-hydrogen) atoms. The molecule has 0 aliphatic carbocycles. The molecule has 1 atom stereocenters. The Hall–Kier alpha value is -3.33. The van der Waals surface area contributed by atoms with Crippen LogP contribution in [0.4, 0.5) is 11.4 Å². The van der Waals surface area contributed by atoms with Gasteiger partial charge in [-0.2, -0.15) is 10.2 Å². The van der Waals surface area contributed by atoms with Gasteiger partial charge < -0.3 is 24.3 Å². The van der Waals surface area contributed by atoms with Crippen LogP contribution in [0, 0.1) is 0 Å². The monoisotopic (exact) mass is 435 g/mol. The average molecular weight is 436 g/mol. The van der Waals surface area contributed by atoms with Crippen LogP contribution in [-0.4, -0.2) is 46.2 Å². The molecule has 0 aliphatic rings. The third-order valence-electron chi connectivity index (χ3n) is 4.00. The smallest absolute Gasteiger partial charge is 0.258 e. The van der Waals surface area contributed by atoms with Crippen molar-refractivity contribution in [3.8, 4) is 23.0 Å². The molecule has 1 N–H and O–H groups in total. The van der Waals surface area contributed by atoms with Crippen LogP contribution in [0.5, 0.6) is 23.0 Å². The first kappa shape index (κ1) is 23.0. The lowest BCUT2D eigenvalue weighted by Gasteiger charge is -2.14. The van der Waals surface area contributed by atoms with Crippen LogP contribution in [0.1, 0.15) is 6.92 Å². The molecule has 9 nitrogen and oxygen atoms in total. The van der Waals surface area contributed by atoms with E-state index < -0.39 is 17.7 Å². The molecule has 0 bridgehead atoms. The molecule has 2 aromatic carbocycles. The molecular weight excluding hydrogens is 414 g/mol. The van der Waals surface area contributed by atoms with Crippen LogP contribution >= 0.6 is 11.6 Å². The van der Waals surface area contributed by atoms with Crippen molar-refractivity contribution in [2.75, 3.05) is 33.8 Å². The van der Waals surface area contributed by atoms with Crippen molar-refractivity contribution in [3.63, 3.8) is 0 Å². The second kappa shape index (κ2) is 10.4. The van der Waals surface area contributed by atoms with E-state index >= 15 is 0 Å². The molecular formula is C20H22ClN3O6. The minimum atomic E-state index is -1.38. The minimum Gasteiger partial charge on any atom is -0.497 e. The van der Waals surface area contributed by atoms with Crippen molar-refractivity contribution in [3.05, 3.63) is 35.4 Å². The van der Waals surface area contributed by atoms with Crippen molar-refractivity contribution in [1.82, 2.24) is 0 Å². The summed E-state index contributed by atoms with van der Waals surface area (Å²) in [5, 5.41) is 10.7. The standard InChI is InChI=1S/C20H22ClN3O6/c1-11(25)18(24-23-15-10-13(27-2)6-7-16(15)28-3)20(26)22-12-8-14(21)19(30-5)17(9-12)29-4/h6-10,18H,1-5H3,(H,22,26). The normalized spacial score (nSPS) is 11.7. The van der Waals surface area contributed by atoms with Gasteiger partial charge in [-0.15, -0.1) is 0 Å². The van der Waals surface area contributed by atoms with E-state index in [9.17, 15) is 9.59 Å². The summed E-state index contributed by atoms with van der Waals surface area (Å²) in [4.78, 5) is 24.7. The Morgan fingerprint density at radius 1 is 0.967 bits per heavy atom. The Bertz CT molecular complexity index is 964. The van der Waals surface area contributed by atoms with Crippen LogP contribution in [0.2, 0.25) is 5.02 Å². The maximum absolute atomic E-state index is 12.7. The largest absolute Gasteiger partial charge is 0.497 e. The molecule has 0 spiro atoms. The van der Waals surface area contributed by atoms with Crippen molar-refractivity contribution in [2.45, 2.75) is 13.0 Å². The van der Waals surface area contributed by atoms with Crippen LogP contribution < -0.4 is 24.3 Å². The van der Waals surface area contributed by atoms with Crippen LogP contribution in [0.15, 0.2) is 40.6 Å². The minimum absolute atomic E-state index is 0.231. The number of carbonyl (C=O) groups is 2. The SMILES string of the molecule is COc1ccc(OC)c(N=NC(C(C)=O)C(=O)Nc2cc(Cl)c(OC)c(OC)c2)c1. The van der Waals surface area contributed by atoms with Crippen LogP contribution in [-0.2, 0) is 9.59 Å². The van der Waals surface area contributed by atoms with Gasteiger partial charge in [0.2, 0.25) is 6.04 Å². The summed E-state index contributed by atoms with van der Waals surface area (Å²) in [7, 11) is 5.86. The van der Waals surface area contributed by atoms with E-state index in [0.29, 0.717) is 34.4 Å². The summed E-state index contributed by atoms with van der Waals surface area (Å²) in [6, 6.07) is 6.51. The van der Waals surface area contributed by atoms with Crippen LogP contribution in [0.3, 0.4) is 0 Å². The van der Waals surface area contributed by atoms with Gasteiger partial charge in [0, 0.05) is 17.8 Å². The third-order valence-corrected chi connectivity index (χ3v) is 4.28. The molecule has 2 aromatic rings. The highest BCUT2D eigenvalue weighted by atomic mass is 35.5. The Morgan fingerprint density at radius 2 is 1.67 bits per heavy atom. The first-order valence-corrected chi connectivity index (χ1v) is 9.08. The fourth-order valence-electron chi connectivity index (χ4n) is 2.51. The molecule has 160 valence electrons. The zero-order chi connectivity index (χ0) is 22.3. The summed E-state index contributed by atoms with van der Waals surface area (Å²) < 4.78 is 20.7. The number of ketones is 1. The van der Waals surface area contributed by atoms with Gasteiger partial charge >= 0.3 is 0 Å². The lowest BCUT2D eigenvalue weighted by molar-refractivity contribution is -0.126. The number of azo groups is 1. The van der Waals surface area contributed by atoms with Gasteiger partial charge in [0.05, 0.1) is 33.5 Å². The second-order valence-electron chi connectivity index (χ2n) is 5.95. The Balaban J connectivity index is 2.29. The number of rotatable bonds is 9. The maximum Gasteiger partial charge on any atom is 0.258 e. The summed E-state index contributed by atoms with van der Waals surface area (Å²) in [5.41, 5.74) is 0.619. The molecule has 0 fully saturated rings. The predicted molar refractivity (Wildman–Crippen MR) is 112 cm³/mol. The van der Waals surface area contributed by atoms with Gasteiger partial charge in [-0.3, -0.25) is 9.59 Å². The lowest BCUT2D eigenvalue weighted by Crippen LogP contribution is -2.31. The van der Waals surface area contributed by atoms with Gasteiger partial charge in [0.1, 0.15) is 17.2 Å². The number of halogens is 1. The van der Waals surface area contributed by atoms with Crippen molar-refractivity contribution >= 4 is 34.7 Å². The van der Waals surface area contributed by atoms with E-state index in [2.05, 4.69) is 15.5 Å². The second-order valence-corrected chi connectivity index (χ2v) is 6.36.